The molecule has 8 saturated heterocycles. The summed E-state index contributed by atoms with van der Waals surface area (Å²) in [5, 5.41) is 39.0. The molecular weight excluding hydrogens is 2090 g/mol. The smallest absolute Gasteiger partial charge is 1.00 e. The summed E-state index contributed by atoms with van der Waals surface area (Å²) in [6.45, 7) is 28.3. The van der Waals surface area contributed by atoms with Crippen LogP contribution in [0.5, 0.6) is 0 Å². The van der Waals surface area contributed by atoms with E-state index in [0.717, 1.165) is 45.0 Å². The first kappa shape index (κ1) is 113. The van der Waals surface area contributed by atoms with Crippen molar-refractivity contribution in [1.29, 1.82) is 0 Å². The predicted molar refractivity (Wildman–Crippen MR) is 508 cm³/mol. The van der Waals surface area contributed by atoms with Crippen molar-refractivity contribution in [1.82, 2.24) is 64.3 Å². The van der Waals surface area contributed by atoms with E-state index >= 15 is 0 Å². The Morgan fingerprint density at radius 3 is 1.25 bits per heavy atom. The Labute approximate surface area is 916 Å². The number of carbonyl (C=O) groups is 1. The van der Waals surface area contributed by atoms with Crippen LogP contribution in [0.15, 0.2) is 147 Å². The number of hydrogen-bond acceptors (Lipinski definition) is 27. The topological polar surface area (TPSA) is 396 Å². The van der Waals surface area contributed by atoms with Crippen LogP contribution in [0.4, 0.5) is 0 Å². The van der Waals surface area contributed by atoms with Crippen molar-refractivity contribution in [3.8, 4) is 0 Å². The summed E-state index contributed by atoms with van der Waals surface area (Å²) in [4.78, 5) is 47.8. The molecule has 137 heavy (non-hydrogen) atoms. The number of carbonyl (C=O) groups excluding carboxylic acids is 1. The molecule has 8 fully saturated rings. The van der Waals surface area contributed by atoms with Crippen LogP contribution < -0.4 is 109 Å². The number of nitrogens with zero attached hydrogens (tertiary/aromatic N) is 12. The van der Waals surface area contributed by atoms with Gasteiger partial charge in [0.2, 0.25) is 0 Å². The Morgan fingerprint density at radius 2 is 0.832 bits per heavy atom. The van der Waals surface area contributed by atoms with Gasteiger partial charge < -0.3 is 117 Å². The Morgan fingerprint density at radius 1 is 0.489 bits per heavy atom. The molecule has 9 aliphatic heterocycles. The number of ether oxygens (including phenoxy) is 13. The van der Waals surface area contributed by atoms with Crippen LogP contribution in [-0.2, 0) is 92.2 Å². The van der Waals surface area contributed by atoms with Crippen molar-refractivity contribution in [2.45, 2.75) is 275 Å². The van der Waals surface area contributed by atoms with E-state index in [2.05, 4.69) is 73.7 Å². The normalized spacial score (nSPS) is 26.7. The van der Waals surface area contributed by atoms with Crippen molar-refractivity contribution < 1.29 is 196 Å². The molecule has 21 rings (SSSR count). The van der Waals surface area contributed by atoms with Crippen molar-refractivity contribution >= 4 is 159 Å². The molecule has 0 saturated carbocycles. The summed E-state index contributed by atoms with van der Waals surface area (Å²) in [6.07, 6.45) is 2.84. The molecule has 8 aromatic heterocycles. The largest absolute Gasteiger partial charge is 1.00 e. The third kappa shape index (κ3) is 22.3. The first-order valence-electron chi connectivity index (χ1n) is 42.5. The Balaban J connectivity index is 0.000000187. The zero-order valence-electron chi connectivity index (χ0n) is 78.2. The van der Waals surface area contributed by atoms with Gasteiger partial charge in [0.1, 0.15) is 154 Å². The van der Waals surface area contributed by atoms with E-state index in [9.17, 15) is 20.1 Å². The van der Waals surface area contributed by atoms with Gasteiger partial charge >= 0.3 is 98.5 Å². The predicted octanol–water partition coefficient (Wildman–Crippen LogP) is 9.54. The van der Waals surface area contributed by atoms with Gasteiger partial charge in [-0.15, -0.1) is 0 Å². The van der Waals surface area contributed by atoms with Crippen LogP contribution in [0.2, 0.25) is 58.8 Å². The summed E-state index contributed by atoms with van der Waals surface area (Å²) in [7, 11) is -2.07. The molecule has 0 aliphatic carbocycles. The third-order valence-corrected chi connectivity index (χ3v) is 31.9. The minimum Gasteiger partial charge on any atom is -1.00 e. The molecule has 3 radical (unpaired) electrons. The second-order valence-electron chi connectivity index (χ2n) is 36.6. The van der Waals surface area contributed by atoms with E-state index in [1.807, 2.05) is 154 Å². The van der Waals surface area contributed by atoms with Gasteiger partial charge in [-0.3, -0.25) is 4.79 Å². The van der Waals surface area contributed by atoms with E-state index in [0.29, 0.717) is 97.4 Å². The minimum atomic E-state index is -2.07. The fourth-order valence-electron chi connectivity index (χ4n) is 18.4. The van der Waals surface area contributed by atoms with Crippen LogP contribution in [0.1, 0.15) is 184 Å². The molecule has 725 valence electrons. The average molecular weight is 2200 g/mol. The molecule has 45 heteroatoms. The first-order chi connectivity index (χ1) is 61.7. The first-order valence-corrected chi connectivity index (χ1v) is 48.4. The maximum absolute atomic E-state index is 14.1. The summed E-state index contributed by atoms with van der Waals surface area (Å²) in [5.41, 5.74) is 8.63. The Hall–Kier alpha value is -4.15. The molecule has 0 spiro atoms. The number of hydrogen-bond donors (Lipinski definition) is 4. The number of aromatic nitrogens is 12. The van der Waals surface area contributed by atoms with Crippen LogP contribution in [0.3, 0.4) is 0 Å². The van der Waals surface area contributed by atoms with Gasteiger partial charge in [0.25, 0.3) is 0 Å². The quantitative estimate of drug-likeness (QED) is 0.0397. The summed E-state index contributed by atoms with van der Waals surface area (Å²) in [5.74, 6) is -3.49. The Bertz CT molecular complexity index is 6170. The number of fused-ring (bicyclic) bond motifs is 9. The fraction of sp³-hybridized carbons (Fsp3) is 0.467. The number of aliphatic hydroxyl groups is 3. The summed E-state index contributed by atoms with van der Waals surface area (Å²) in [6, 6.07) is 28.9. The molecule has 9 aliphatic rings. The standard InChI is InChI=1S/C27H33Cl2N3O5Si.C22H23Cl2N3O4.C21H21Cl2N3O5.C21H19Cl2N3O4.CH4.B.Cs.FH.H3N.Na.H2O.H/c1-26(2,3)38(6,7)34-13-15-12-16(28)8-9-17(15)19(33)20-21-22(37-27(4,5)36-21)25(35-20)32-11-10-18-23(29)30-14-31-24(18)32;1-4-11-9-12(23)5-6-13(11)15(28)16-17-18(31-22(2,3)30-17)21(29-16)27-8-7-14-19(24)25-10-26-20(14)27;1-21(2)30-16-15(14(28)12-4-3-11(22)7-10(12)8-27)29-20(17(16)31-21)26-6-5-13-18(23)24-9-25-19(13)26;1-21(2)29-16-15(14-12-4-3-11(22)7-10(12)8-27-14)28-20(17(16)30-21)26-6-5-13-18(23)24-9-25-19(13)26;;;;;;;;/h8-12,14,20-22,25H,13H2,1-7H3;5-10,15-18,21,28H,4H2,1-3H3;3-7,9,14-17,20,27-28H,8H2,1-2H3;3-7,9,14-17,20H,8H2,1-2H3;1H4;;;1H;1H3;;1H2;/q;;;;;;+1;;;+1;;-1/p-1/t20-,21-,22-,25-;15-,16+,17+,18+,21+;2*14-,15+,16+,17+,20+;;;;;;;;/m1000......../s1. The number of halogens is 9. The van der Waals surface area contributed by atoms with Gasteiger partial charge in [-0.2, -0.15) is 0 Å². The van der Waals surface area contributed by atoms with Crippen LogP contribution in [-0.4, -0.2) is 198 Å². The van der Waals surface area contributed by atoms with E-state index in [1.165, 1.54) is 25.3 Å². The Kier molecular flexibility index (Phi) is 36.6. The maximum Gasteiger partial charge on any atom is 1.00 e. The van der Waals surface area contributed by atoms with Crippen molar-refractivity contribution in [2.75, 3.05) is 0 Å². The second-order valence-corrected chi connectivity index (χ2v) is 44.5. The second kappa shape index (κ2) is 44.3. The molecular formula is C92H106BCl8CsFN13NaO19Si. The number of rotatable bonds is 16. The molecule has 8 N–H and O–H groups in total. The average Bonchev–Trinajstić information content (AvgIpc) is 1.60. The van der Waals surface area contributed by atoms with Crippen LogP contribution in [0.25, 0.3) is 44.1 Å². The zero-order chi connectivity index (χ0) is 92.1. The maximum atomic E-state index is 14.1. The minimum absolute atomic E-state index is 0. The van der Waals surface area contributed by atoms with Crippen molar-refractivity contribution in [3.05, 3.63) is 232 Å². The number of aliphatic hydroxyl groups excluding tert-OH is 3. The van der Waals surface area contributed by atoms with Gasteiger partial charge in [0.05, 0.1) is 41.4 Å². The molecule has 17 heterocycles. The van der Waals surface area contributed by atoms with E-state index < -0.39 is 124 Å². The van der Waals surface area contributed by atoms with E-state index in [4.69, 9.17) is 159 Å². The molecule has 4 aromatic carbocycles. The number of Topliss-reactive ketones (excluding diaryl/α,β-unsaturated/α-hetero) is 1. The van der Waals surface area contributed by atoms with Gasteiger partial charge in [-0.05, 0) is 198 Å². The number of aryl methyl sites for hydroxylation is 1. The van der Waals surface area contributed by atoms with Crippen LogP contribution in [0, 0.1) is 0 Å². The molecule has 12 aromatic rings. The monoisotopic (exact) mass is 2190 g/mol. The summed E-state index contributed by atoms with van der Waals surface area (Å²) >= 11 is 49.7. The van der Waals surface area contributed by atoms with E-state index in [-0.39, 0.29) is 180 Å². The van der Waals surface area contributed by atoms with Crippen molar-refractivity contribution in [3.63, 3.8) is 0 Å². The van der Waals surface area contributed by atoms with Crippen molar-refractivity contribution in [2.24, 2.45) is 0 Å². The van der Waals surface area contributed by atoms with Gasteiger partial charge in [-0.25, -0.2) is 39.9 Å². The van der Waals surface area contributed by atoms with Gasteiger partial charge in [-0.1, -0.05) is 146 Å². The third-order valence-electron chi connectivity index (χ3n) is 25.3. The fourth-order valence-corrected chi connectivity index (χ4v) is 20.9. The molecule has 0 bridgehead atoms. The van der Waals surface area contributed by atoms with Gasteiger partial charge in [0, 0.05) is 58.9 Å². The van der Waals surface area contributed by atoms with E-state index in [1.54, 1.807) is 48.7 Å². The molecule has 19 atom stereocenters. The molecule has 0 unspecified atom stereocenters. The summed E-state index contributed by atoms with van der Waals surface area (Å²) < 4.78 is 95.3. The molecule has 0 amide bonds. The zero-order valence-corrected chi connectivity index (χ0v) is 92.5. The number of ketones is 1. The SMILES string of the molecule is C.CC1(C)O[C@@H]2[C@H](O1)[C@@H](C(=O)c1ccc(Cl)cc1CO[Si](C)(C)C(C)(C)C)O[C@H]2n1ccc2c(Cl)ncnc21.CC1(C)O[C@H]2[C@@H](O1)[C@H](n1ccc3c(Cl)ncnc31)O[C@@H]2[C@@H](O)c1ccc(Cl)cc1CO.CC1(C)O[C@H]2[C@@H](O1)[C@H](n1ccc3c(Cl)ncnc31)O[C@@H]2[C@H]1OCc2cc(Cl)ccc21.CCc1cc(Cl)ccc1[C@H](O)[C@H]1O[C@@H](n2ccc3c(Cl)ncnc32)[C@@H]2OC(C)(C)O[C@@H]21.N.O.[B].[Cs+].[F-].[H-].[Na+]. The molecule has 32 nitrogen and oxygen atoms in total. The van der Waals surface area contributed by atoms with Crippen LogP contribution >= 0.6 is 92.8 Å². The van der Waals surface area contributed by atoms with Gasteiger partial charge in [0.15, 0.2) is 68.3 Å². The number of benzene rings is 4.